The first-order valence-corrected chi connectivity index (χ1v) is 15.0. The fourth-order valence-corrected chi connectivity index (χ4v) is 6.66. The first-order valence-electron chi connectivity index (χ1n) is 12.7. The Morgan fingerprint density at radius 3 is 2.48 bits per heavy atom. The molecule has 2 N–H and O–H groups in total. The Kier molecular flexibility index (Phi) is 9.52. The number of ether oxygens (including phenoxy) is 1. The molecular weight excluding hydrogens is 570 g/mol. The summed E-state index contributed by atoms with van der Waals surface area (Å²) in [4.78, 5) is 22.5. The molecule has 0 bridgehead atoms. The molecule has 0 aliphatic carbocycles. The van der Waals surface area contributed by atoms with Gasteiger partial charge in [-0.3, -0.25) is 14.4 Å². The largest absolute Gasteiger partial charge is 0.497 e. The standard InChI is InChI=1S/C28H31N5O4S2.ClH/c1-20-7-12-25-26(19-20)38-28(30-25)33-17-15-32(16-18-33)14-13-29-27(34)23-5-3-4-6-24(23)31-39(35,36)22-10-8-21(37-2)9-11-22;/h3-12,19,31H,13-18H2,1-2H3,(H,29,34);1H. The molecular formula is C28H32ClN5O4S2. The summed E-state index contributed by atoms with van der Waals surface area (Å²) < 4.78 is 34.6. The summed E-state index contributed by atoms with van der Waals surface area (Å²) in [6.45, 7) is 6.77. The Hall–Kier alpha value is -3.38. The highest BCUT2D eigenvalue weighted by molar-refractivity contribution is 7.92. The SMILES string of the molecule is COc1ccc(S(=O)(=O)Nc2ccccc2C(=O)NCCN2CCN(c3nc4ccc(C)cc4s3)CC2)cc1.Cl. The van der Waals surface area contributed by atoms with E-state index in [1.54, 1.807) is 47.7 Å². The Morgan fingerprint density at radius 2 is 1.75 bits per heavy atom. The van der Waals surface area contributed by atoms with E-state index in [4.69, 9.17) is 9.72 Å². The van der Waals surface area contributed by atoms with E-state index in [0.29, 0.717) is 18.8 Å². The quantitative estimate of drug-likeness (QED) is 0.293. The zero-order valence-electron chi connectivity index (χ0n) is 22.3. The maximum Gasteiger partial charge on any atom is 0.261 e. The molecule has 40 heavy (non-hydrogen) atoms. The molecule has 1 aromatic heterocycles. The highest BCUT2D eigenvalue weighted by atomic mass is 35.5. The molecule has 1 aliphatic rings. The van der Waals surface area contributed by atoms with E-state index >= 15 is 0 Å². The molecule has 0 spiro atoms. The Bertz CT molecular complexity index is 1570. The van der Waals surface area contributed by atoms with E-state index in [2.05, 4.69) is 45.0 Å². The molecule has 0 atom stereocenters. The summed E-state index contributed by atoms with van der Waals surface area (Å²) in [5, 5.41) is 3.99. The van der Waals surface area contributed by atoms with E-state index in [1.807, 2.05) is 0 Å². The highest BCUT2D eigenvalue weighted by Gasteiger charge is 2.21. The highest BCUT2D eigenvalue weighted by Crippen LogP contribution is 2.30. The zero-order chi connectivity index (χ0) is 27.4. The molecule has 12 heteroatoms. The number of halogens is 1. The van der Waals surface area contributed by atoms with Crippen LogP contribution < -0.4 is 19.7 Å². The Labute approximate surface area is 244 Å². The smallest absolute Gasteiger partial charge is 0.261 e. The minimum Gasteiger partial charge on any atom is -0.497 e. The molecule has 3 aromatic carbocycles. The van der Waals surface area contributed by atoms with Crippen molar-refractivity contribution in [2.45, 2.75) is 11.8 Å². The van der Waals surface area contributed by atoms with Gasteiger partial charge in [0.1, 0.15) is 5.75 Å². The summed E-state index contributed by atoms with van der Waals surface area (Å²) >= 11 is 1.73. The van der Waals surface area contributed by atoms with Crippen LogP contribution in [0.5, 0.6) is 5.75 Å². The van der Waals surface area contributed by atoms with Crippen molar-refractivity contribution in [2.24, 2.45) is 0 Å². The van der Waals surface area contributed by atoms with Crippen molar-refractivity contribution in [1.29, 1.82) is 0 Å². The van der Waals surface area contributed by atoms with Crippen LogP contribution in [0.2, 0.25) is 0 Å². The van der Waals surface area contributed by atoms with Gasteiger partial charge in [-0.15, -0.1) is 12.4 Å². The average molecular weight is 602 g/mol. The van der Waals surface area contributed by atoms with Crippen molar-refractivity contribution in [1.82, 2.24) is 15.2 Å². The number of methoxy groups -OCH3 is 1. The number of aromatic nitrogens is 1. The van der Waals surface area contributed by atoms with Gasteiger partial charge in [0.05, 0.1) is 33.5 Å². The number of sulfonamides is 1. The van der Waals surface area contributed by atoms with Crippen molar-refractivity contribution in [3.05, 3.63) is 77.9 Å². The molecule has 1 fully saturated rings. The monoisotopic (exact) mass is 601 g/mol. The summed E-state index contributed by atoms with van der Waals surface area (Å²) in [5.41, 5.74) is 2.77. The number of hydrogen-bond acceptors (Lipinski definition) is 8. The molecule has 4 aromatic rings. The van der Waals surface area contributed by atoms with E-state index in [1.165, 1.54) is 29.5 Å². The second-order valence-corrected chi connectivity index (χ2v) is 12.1. The fourth-order valence-electron chi connectivity index (χ4n) is 4.47. The van der Waals surface area contributed by atoms with Gasteiger partial charge in [0.15, 0.2) is 5.13 Å². The lowest BCUT2D eigenvalue weighted by Crippen LogP contribution is -2.48. The van der Waals surface area contributed by atoms with Crippen LogP contribution in [0.4, 0.5) is 10.8 Å². The first kappa shape index (κ1) is 29.6. The molecule has 1 aliphatic heterocycles. The number of hydrogen-bond donors (Lipinski definition) is 2. The lowest BCUT2D eigenvalue weighted by molar-refractivity contribution is 0.0948. The third-order valence-electron chi connectivity index (χ3n) is 6.67. The number of aryl methyl sites for hydroxylation is 1. The van der Waals surface area contributed by atoms with Crippen LogP contribution in [-0.4, -0.2) is 70.6 Å². The van der Waals surface area contributed by atoms with Gasteiger partial charge < -0.3 is 15.0 Å². The van der Waals surface area contributed by atoms with Crippen molar-refractivity contribution >= 4 is 60.7 Å². The van der Waals surface area contributed by atoms with E-state index < -0.39 is 10.0 Å². The van der Waals surface area contributed by atoms with Crippen LogP contribution in [0.15, 0.2) is 71.6 Å². The van der Waals surface area contributed by atoms with Gasteiger partial charge in [0, 0.05) is 39.3 Å². The first-order chi connectivity index (χ1) is 18.8. The van der Waals surface area contributed by atoms with Crippen LogP contribution in [0, 0.1) is 6.92 Å². The number of anilines is 2. The van der Waals surface area contributed by atoms with Gasteiger partial charge >= 0.3 is 0 Å². The summed E-state index contributed by atoms with van der Waals surface area (Å²) in [6.07, 6.45) is 0. The number of thiazole rings is 1. The summed E-state index contributed by atoms with van der Waals surface area (Å²) in [7, 11) is -2.36. The van der Waals surface area contributed by atoms with Crippen LogP contribution in [-0.2, 0) is 10.0 Å². The van der Waals surface area contributed by atoms with Crippen LogP contribution in [0.1, 0.15) is 15.9 Å². The lowest BCUT2D eigenvalue weighted by Gasteiger charge is -2.34. The number of nitrogens with zero attached hydrogens (tertiary/aromatic N) is 3. The van der Waals surface area contributed by atoms with Gasteiger partial charge in [-0.05, 0) is 61.0 Å². The van der Waals surface area contributed by atoms with Gasteiger partial charge in [-0.25, -0.2) is 13.4 Å². The van der Waals surface area contributed by atoms with Crippen LogP contribution in [0.3, 0.4) is 0 Å². The maximum absolute atomic E-state index is 13.0. The molecule has 0 radical (unpaired) electrons. The number of amides is 1. The number of nitrogens with one attached hydrogen (secondary N) is 2. The molecule has 0 saturated carbocycles. The maximum atomic E-state index is 13.0. The molecule has 2 heterocycles. The van der Waals surface area contributed by atoms with Crippen molar-refractivity contribution in [3.63, 3.8) is 0 Å². The predicted octanol–water partition coefficient (Wildman–Crippen LogP) is 4.39. The third-order valence-corrected chi connectivity index (χ3v) is 9.14. The zero-order valence-corrected chi connectivity index (χ0v) is 24.7. The Morgan fingerprint density at radius 1 is 1.02 bits per heavy atom. The minimum atomic E-state index is -3.87. The van der Waals surface area contributed by atoms with Gasteiger partial charge in [-0.1, -0.05) is 29.5 Å². The van der Waals surface area contributed by atoms with Crippen molar-refractivity contribution < 1.29 is 17.9 Å². The van der Waals surface area contributed by atoms with E-state index in [9.17, 15) is 13.2 Å². The molecule has 212 valence electrons. The molecule has 9 nitrogen and oxygen atoms in total. The molecule has 0 unspecified atom stereocenters. The number of carbonyl (C=O) groups excluding carboxylic acids is 1. The normalized spacial score (nSPS) is 14.0. The number of para-hydroxylation sites is 1. The number of fused-ring (bicyclic) bond motifs is 1. The number of piperazine rings is 1. The molecule has 1 amide bonds. The third kappa shape index (κ3) is 6.84. The number of benzene rings is 3. The van der Waals surface area contributed by atoms with Gasteiger partial charge in [0.25, 0.3) is 15.9 Å². The lowest BCUT2D eigenvalue weighted by atomic mass is 10.1. The number of carbonyl (C=O) groups is 1. The van der Waals surface area contributed by atoms with Gasteiger partial charge in [0.2, 0.25) is 0 Å². The second-order valence-electron chi connectivity index (χ2n) is 9.38. The van der Waals surface area contributed by atoms with E-state index in [0.717, 1.165) is 36.8 Å². The van der Waals surface area contributed by atoms with Crippen molar-refractivity contribution in [2.75, 3.05) is 56.0 Å². The van der Waals surface area contributed by atoms with Crippen molar-refractivity contribution in [3.8, 4) is 5.75 Å². The summed E-state index contributed by atoms with van der Waals surface area (Å²) in [6, 6.07) is 19.0. The number of rotatable bonds is 9. The minimum absolute atomic E-state index is 0. The Balaban J connectivity index is 0.00000370. The average Bonchev–Trinajstić information content (AvgIpc) is 3.37. The van der Waals surface area contributed by atoms with Gasteiger partial charge in [-0.2, -0.15) is 0 Å². The second kappa shape index (κ2) is 12.9. The van der Waals surface area contributed by atoms with Crippen LogP contribution >= 0.6 is 23.7 Å². The summed E-state index contributed by atoms with van der Waals surface area (Å²) in [5.74, 6) is 0.230. The fraction of sp³-hybridized carbons (Fsp3) is 0.286. The predicted molar refractivity (Wildman–Crippen MR) is 163 cm³/mol. The van der Waals surface area contributed by atoms with Crippen LogP contribution in [0.25, 0.3) is 10.2 Å². The molecule has 5 rings (SSSR count). The topological polar surface area (TPSA) is 104 Å². The molecule has 1 saturated heterocycles. The van der Waals surface area contributed by atoms with E-state index in [-0.39, 0.29) is 34.5 Å².